The van der Waals surface area contributed by atoms with Crippen molar-refractivity contribution in [1.82, 2.24) is 19.5 Å². The standard InChI is InChI=1S/C21H25N5O2S/c1-28-18-12-6-5-11-17(18)22-19(27)15-29-21-24-23-20(16-9-3-2-4-10-16)26(21)25-13-7-8-14-25/h5-8,11-14,16H,2-4,9-10,15H2,1H3,(H,22,27). The first-order chi connectivity index (χ1) is 14.3. The van der Waals surface area contributed by atoms with Crippen LogP contribution in [0.1, 0.15) is 43.8 Å². The molecule has 1 aliphatic rings. The minimum Gasteiger partial charge on any atom is -0.495 e. The van der Waals surface area contributed by atoms with Crippen LogP contribution >= 0.6 is 11.8 Å². The van der Waals surface area contributed by atoms with Crippen LogP contribution in [-0.2, 0) is 4.79 Å². The molecule has 7 nitrogen and oxygen atoms in total. The van der Waals surface area contributed by atoms with Crippen molar-refractivity contribution in [3.63, 3.8) is 0 Å². The van der Waals surface area contributed by atoms with Crippen LogP contribution in [0.3, 0.4) is 0 Å². The summed E-state index contributed by atoms with van der Waals surface area (Å²) in [5.41, 5.74) is 0.662. The number of hydrogen-bond acceptors (Lipinski definition) is 5. The molecule has 0 bridgehead atoms. The van der Waals surface area contributed by atoms with Gasteiger partial charge in [0, 0.05) is 18.3 Å². The number of amides is 1. The highest BCUT2D eigenvalue weighted by Gasteiger charge is 2.24. The second-order valence-electron chi connectivity index (χ2n) is 7.09. The molecule has 1 aromatic carbocycles. The van der Waals surface area contributed by atoms with Gasteiger partial charge in [0.05, 0.1) is 18.6 Å². The van der Waals surface area contributed by atoms with Crippen molar-refractivity contribution < 1.29 is 9.53 Å². The molecule has 4 rings (SSSR count). The highest BCUT2D eigenvalue weighted by atomic mass is 32.2. The summed E-state index contributed by atoms with van der Waals surface area (Å²) in [6, 6.07) is 11.3. The second-order valence-corrected chi connectivity index (χ2v) is 8.03. The Morgan fingerprint density at radius 3 is 2.66 bits per heavy atom. The van der Waals surface area contributed by atoms with Gasteiger partial charge in [-0.05, 0) is 37.1 Å². The molecule has 1 N–H and O–H groups in total. The summed E-state index contributed by atoms with van der Waals surface area (Å²) in [5, 5.41) is 12.5. The summed E-state index contributed by atoms with van der Waals surface area (Å²) in [6.07, 6.45) is 9.99. The normalized spacial score (nSPS) is 14.7. The Kier molecular flexibility index (Phi) is 6.19. The van der Waals surface area contributed by atoms with Gasteiger partial charge in [-0.2, -0.15) is 0 Å². The van der Waals surface area contributed by atoms with Crippen LogP contribution < -0.4 is 10.1 Å². The Balaban J connectivity index is 1.50. The summed E-state index contributed by atoms with van der Waals surface area (Å²) < 4.78 is 9.33. The van der Waals surface area contributed by atoms with Gasteiger partial charge in [0.2, 0.25) is 11.1 Å². The van der Waals surface area contributed by atoms with Gasteiger partial charge < -0.3 is 10.1 Å². The predicted octanol–water partition coefficient (Wildman–Crippen LogP) is 4.18. The number of hydrogen-bond donors (Lipinski definition) is 1. The molecule has 0 radical (unpaired) electrons. The third kappa shape index (κ3) is 4.48. The van der Waals surface area contributed by atoms with Crippen LogP contribution in [0.15, 0.2) is 53.9 Å². The lowest BCUT2D eigenvalue weighted by atomic mass is 9.89. The minimum absolute atomic E-state index is 0.110. The lowest BCUT2D eigenvalue weighted by molar-refractivity contribution is -0.113. The van der Waals surface area contributed by atoms with Gasteiger partial charge in [0.15, 0.2) is 5.82 Å². The van der Waals surface area contributed by atoms with E-state index in [4.69, 9.17) is 4.74 Å². The largest absolute Gasteiger partial charge is 0.495 e. The van der Waals surface area contributed by atoms with Crippen molar-refractivity contribution in [2.75, 3.05) is 18.2 Å². The van der Waals surface area contributed by atoms with Crippen LogP contribution in [0.2, 0.25) is 0 Å². The van der Waals surface area contributed by atoms with Crippen molar-refractivity contribution >= 4 is 23.4 Å². The Hall–Kier alpha value is -2.74. The Morgan fingerprint density at radius 1 is 1.14 bits per heavy atom. The average molecular weight is 412 g/mol. The number of para-hydroxylation sites is 2. The molecule has 0 unspecified atom stereocenters. The number of rotatable bonds is 7. The van der Waals surface area contributed by atoms with E-state index in [0.29, 0.717) is 17.4 Å². The molecular weight excluding hydrogens is 386 g/mol. The van der Waals surface area contributed by atoms with Gasteiger partial charge in [-0.25, -0.2) is 4.68 Å². The molecule has 0 spiro atoms. The zero-order valence-corrected chi connectivity index (χ0v) is 17.3. The quantitative estimate of drug-likeness (QED) is 0.591. The van der Waals surface area contributed by atoms with E-state index >= 15 is 0 Å². The number of aromatic nitrogens is 4. The van der Waals surface area contributed by atoms with Crippen LogP contribution in [-0.4, -0.2) is 38.3 Å². The highest BCUT2D eigenvalue weighted by molar-refractivity contribution is 7.99. The van der Waals surface area contributed by atoms with E-state index in [0.717, 1.165) is 23.8 Å². The Morgan fingerprint density at radius 2 is 1.90 bits per heavy atom. The number of nitrogens with one attached hydrogen (secondary N) is 1. The summed E-state index contributed by atoms with van der Waals surface area (Å²) in [5.74, 6) is 2.16. The van der Waals surface area contributed by atoms with E-state index in [-0.39, 0.29) is 11.7 Å². The first-order valence-corrected chi connectivity index (χ1v) is 10.9. The molecule has 2 aromatic heterocycles. The number of carbonyl (C=O) groups is 1. The van der Waals surface area contributed by atoms with Gasteiger partial charge in [-0.3, -0.25) is 9.47 Å². The second kappa shape index (κ2) is 9.17. The molecule has 1 fully saturated rings. The van der Waals surface area contributed by atoms with Crippen molar-refractivity contribution in [1.29, 1.82) is 0 Å². The number of anilines is 1. The average Bonchev–Trinajstić information content (AvgIpc) is 3.43. The van der Waals surface area contributed by atoms with E-state index in [1.54, 1.807) is 7.11 Å². The molecule has 2 heterocycles. The van der Waals surface area contributed by atoms with Gasteiger partial charge >= 0.3 is 0 Å². The number of benzene rings is 1. The van der Waals surface area contributed by atoms with E-state index in [1.165, 1.54) is 31.0 Å². The van der Waals surface area contributed by atoms with Crippen LogP contribution in [0.5, 0.6) is 5.75 Å². The fourth-order valence-corrected chi connectivity index (χ4v) is 4.46. The SMILES string of the molecule is COc1ccccc1NC(=O)CSc1nnc(C2CCCCC2)n1-n1cccc1. The number of thioether (sulfide) groups is 1. The first-order valence-electron chi connectivity index (χ1n) is 9.91. The van der Waals surface area contributed by atoms with E-state index in [1.807, 2.05) is 58.1 Å². The van der Waals surface area contributed by atoms with Gasteiger partial charge in [-0.15, -0.1) is 10.2 Å². The van der Waals surface area contributed by atoms with Crippen molar-refractivity contribution in [3.05, 3.63) is 54.6 Å². The van der Waals surface area contributed by atoms with E-state index in [2.05, 4.69) is 15.5 Å². The topological polar surface area (TPSA) is 74.0 Å². The summed E-state index contributed by atoms with van der Waals surface area (Å²) in [4.78, 5) is 12.5. The van der Waals surface area contributed by atoms with Crippen molar-refractivity contribution in [3.8, 4) is 5.75 Å². The molecule has 0 saturated heterocycles. The lowest BCUT2D eigenvalue weighted by Gasteiger charge is -2.22. The maximum absolute atomic E-state index is 12.5. The molecule has 29 heavy (non-hydrogen) atoms. The molecule has 1 amide bonds. The van der Waals surface area contributed by atoms with Crippen molar-refractivity contribution in [2.45, 2.75) is 43.2 Å². The Labute approximate surface area is 174 Å². The van der Waals surface area contributed by atoms with Crippen LogP contribution in [0.4, 0.5) is 5.69 Å². The monoisotopic (exact) mass is 411 g/mol. The van der Waals surface area contributed by atoms with E-state index < -0.39 is 0 Å². The third-order valence-electron chi connectivity index (χ3n) is 5.14. The first kappa shape index (κ1) is 19.6. The zero-order chi connectivity index (χ0) is 20.1. The molecule has 0 aliphatic heterocycles. The maximum Gasteiger partial charge on any atom is 0.234 e. The van der Waals surface area contributed by atoms with Gasteiger partial charge in [0.25, 0.3) is 0 Å². The maximum atomic E-state index is 12.5. The molecular formula is C21H25N5O2S. The Bertz CT molecular complexity index is 948. The molecule has 1 saturated carbocycles. The minimum atomic E-state index is -0.110. The number of ether oxygens (including phenoxy) is 1. The smallest absolute Gasteiger partial charge is 0.234 e. The molecule has 1 aliphatic carbocycles. The molecule has 3 aromatic rings. The number of carbonyl (C=O) groups excluding carboxylic acids is 1. The van der Waals surface area contributed by atoms with Crippen LogP contribution in [0.25, 0.3) is 0 Å². The van der Waals surface area contributed by atoms with E-state index in [9.17, 15) is 4.79 Å². The summed E-state index contributed by atoms with van der Waals surface area (Å²) in [6.45, 7) is 0. The molecule has 152 valence electrons. The molecule has 0 atom stereocenters. The van der Waals surface area contributed by atoms with Gasteiger partial charge in [0.1, 0.15) is 5.75 Å². The fourth-order valence-electron chi connectivity index (χ4n) is 3.72. The number of methoxy groups -OCH3 is 1. The van der Waals surface area contributed by atoms with Gasteiger partial charge in [-0.1, -0.05) is 43.2 Å². The third-order valence-corrected chi connectivity index (χ3v) is 6.06. The lowest BCUT2D eigenvalue weighted by Crippen LogP contribution is -2.18. The highest BCUT2D eigenvalue weighted by Crippen LogP contribution is 2.33. The summed E-state index contributed by atoms with van der Waals surface area (Å²) >= 11 is 1.39. The number of nitrogens with zero attached hydrogens (tertiary/aromatic N) is 4. The van der Waals surface area contributed by atoms with Crippen LogP contribution in [0, 0.1) is 0 Å². The zero-order valence-electron chi connectivity index (χ0n) is 16.5. The molecule has 8 heteroatoms. The van der Waals surface area contributed by atoms with Crippen molar-refractivity contribution in [2.24, 2.45) is 0 Å². The summed E-state index contributed by atoms with van der Waals surface area (Å²) in [7, 11) is 1.59. The fraction of sp³-hybridized carbons (Fsp3) is 0.381. The predicted molar refractivity (Wildman–Crippen MR) is 113 cm³/mol.